The fourth-order valence-electron chi connectivity index (χ4n) is 2.91. The highest BCUT2D eigenvalue weighted by atomic mass is 32.2. The molecule has 0 fully saturated rings. The lowest BCUT2D eigenvalue weighted by Gasteiger charge is -2.17. The molecule has 0 saturated heterocycles. The molecular formula is C26H39NO3S. The molecule has 172 valence electrons. The lowest BCUT2D eigenvalue weighted by atomic mass is 10.1. The third-order valence-corrected chi connectivity index (χ3v) is 5.84. The molecule has 1 aromatic rings. The Balaban J connectivity index is 2.28. The lowest BCUT2D eigenvalue weighted by Crippen LogP contribution is -2.38. The number of thioether (sulfide) groups is 1. The van der Waals surface area contributed by atoms with Crippen LogP contribution in [0.5, 0.6) is 0 Å². The van der Waals surface area contributed by atoms with Crippen molar-refractivity contribution >= 4 is 17.7 Å². The molecule has 1 aromatic heterocycles. The summed E-state index contributed by atoms with van der Waals surface area (Å²) in [7, 11) is 0. The molecule has 0 aliphatic carbocycles. The number of furan rings is 1. The number of carbonyl (C=O) groups is 1. The van der Waals surface area contributed by atoms with Crippen LogP contribution in [-0.4, -0.2) is 28.6 Å². The van der Waals surface area contributed by atoms with Crippen molar-refractivity contribution in [2.75, 3.05) is 11.5 Å². The van der Waals surface area contributed by atoms with Gasteiger partial charge in [0.2, 0.25) is 5.91 Å². The summed E-state index contributed by atoms with van der Waals surface area (Å²) in [6, 6.07) is 3.22. The van der Waals surface area contributed by atoms with Gasteiger partial charge in [0.1, 0.15) is 11.5 Å². The number of nitrogens with one attached hydrogen (secondary N) is 1. The molecule has 1 rings (SSSR count). The Bertz CT molecular complexity index is 756. The topological polar surface area (TPSA) is 62.5 Å². The van der Waals surface area contributed by atoms with Crippen molar-refractivity contribution in [3.8, 4) is 0 Å². The molecule has 0 aromatic carbocycles. The van der Waals surface area contributed by atoms with Crippen molar-refractivity contribution in [2.24, 2.45) is 0 Å². The molecule has 1 heterocycles. The number of allylic oxidation sites excluding steroid dienone is 5. The van der Waals surface area contributed by atoms with E-state index in [9.17, 15) is 9.90 Å². The molecule has 1 amide bonds. The third-order valence-electron chi connectivity index (χ3n) is 4.87. The first-order valence-electron chi connectivity index (χ1n) is 11.0. The number of aryl methyl sites for hydroxylation is 1. The number of amides is 1. The Labute approximate surface area is 192 Å². The first kappa shape index (κ1) is 26.9. The molecule has 0 saturated carbocycles. The molecule has 4 nitrogen and oxygen atoms in total. The summed E-state index contributed by atoms with van der Waals surface area (Å²) in [4.78, 5) is 12.1. The van der Waals surface area contributed by atoms with Gasteiger partial charge in [0, 0.05) is 24.3 Å². The van der Waals surface area contributed by atoms with Crippen molar-refractivity contribution in [3.63, 3.8) is 0 Å². The fraction of sp³-hybridized carbons (Fsp3) is 0.500. The Morgan fingerprint density at radius 2 is 1.81 bits per heavy atom. The second kappa shape index (κ2) is 15.6. The zero-order chi connectivity index (χ0) is 23.1. The minimum Gasteiger partial charge on any atom is -0.511 e. The van der Waals surface area contributed by atoms with E-state index in [1.807, 2.05) is 6.07 Å². The van der Waals surface area contributed by atoms with Crippen molar-refractivity contribution in [3.05, 3.63) is 71.4 Å². The quantitative estimate of drug-likeness (QED) is 0.175. The summed E-state index contributed by atoms with van der Waals surface area (Å²) in [5, 5.41) is 12.7. The number of carbonyl (C=O) groups excluding carboxylic acids is 1. The van der Waals surface area contributed by atoms with Gasteiger partial charge in [-0.25, -0.2) is 0 Å². The maximum Gasteiger partial charge on any atom is 0.221 e. The van der Waals surface area contributed by atoms with Crippen molar-refractivity contribution in [2.45, 2.75) is 72.3 Å². The van der Waals surface area contributed by atoms with Gasteiger partial charge in [0.15, 0.2) is 0 Å². The highest BCUT2D eigenvalue weighted by Crippen LogP contribution is 2.14. The summed E-state index contributed by atoms with van der Waals surface area (Å²) >= 11 is 1.68. The summed E-state index contributed by atoms with van der Waals surface area (Å²) in [6.07, 6.45) is 13.7. The maximum absolute atomic E-state index is 12.1. The average Bonchev–Trinajstić information content (AvgIpc) is 3.22. The number of rotatable bonds is 15. The van der Waals surface area contributed by atoms with E-state index in [4.69, 9.17) is 4.42 Å². The highest BCUT2D eigenvalue weighted by molar-refractivity contribution is 7.99. The van der Waals surface area contributed by atoms with Crippen LogP contribution >= 0.6 is 11.8 Å². The van der Waals surface area contributed by atoms with Gasteiger partial charge >= 0.3 is 0 Å². The van der Waals surface area contributed by atoms with Crippen molar-refractivity contribution in [1.82, 2.24) is 5.32 Å². The second-order valence-corrected chi connectivity index (χ2v) is 9.26. The van der Waals surface area contributed by atoms with Gasteiger partial charge in [-0.1, -0.05) is 41.5 Å². The predicted molar refractivity (Wildman–Crippen MR) is 133 cm³/mol. The van der Waals surface area contributed by atoms with Crippen molar-refractivity contribution < 1.29 is 14.3 Å². The van der Waals surface area contributed by atoms with Gasteiger partial charge < -0.3 is 14.8 Å². The van der Waals surface area contributed by atoms with E-state index in [0.29, 0.717) is 18.6 Å². The largest absolute Gasteiger partial charge is 0.511 e. The van der Waals surface area contributed by atoms with Gasteiger partial charge in [-0.2, -0.15) is 11.8 Å². The van der Waals surface area contributed by atoms with Crippen LogP contribution in [0.2, 0.25) is 0 Å². The van der Waals surface area contributed by atoms with Gasteiger partial charge in [-0.3, -0.25) is 4.79 Å². The van der Waals surface area contributed by atoms with Gasteiger partial charge in [-0.15, -0.1) is 0 Å². The molecule has 0 spiro atoms. The SMILES string of the molecule is C=C(O)C(CSC/C=C(\C)CC/C=C(\C)CCC=C(C)C)NC(=O)CCc1ccco1. The Kier molecular flexibility index (Phi) is 13.6. The first-order valence-corrected chi connectivity index (χ1v) is 12.1. The first-order chi connectivity index (χ1) is 14.8. The normalized spacial score (nSPS) is 13.0. The van der Waals surface area contributed by atoms with E-state index in [2.05, 4.69) is 57.8 Å². The smallest absolute Gasteiger partial charge is 0.221 e. The minimum absolute atomic E-state index is 0.00623. The maximum atomic E-state index is 12.1. The standard InChI is InChI=1S/C26H39NO3S/c1-20(2)9-6-10-21(3)11-7-12-22(4)16-18-31-19-25(23(5)28)27-26(29)15-14-24-13-8-17-30-24/h8-9,11,13,16-17,25,28H,5-7,10,12,14-15,18-19H2,1-4H3,(H,27,29)/b21-11+,22-16+. The summed E-state index contributed by atoms with van der Waals surface area (Å²) in [5.41, 5.74) is 4.19. The molecule has 31 heavy (non-hydrogen) atoms. The van der Waals surface area contributed by atoms with Crippen LogP contribution in [0.25, 0.3) is 0 Å². The van der Waals surface area contributed by atoms with Gasteiger partial charge in [-0.05, 0) is 65.5 Å². The van der Waals surface area contributed by atoms with E-state index in [0.717, 1.165) is 37.2 Å². The fourth-order valence-corrected chi connectivity index (χ4v) is 3.96. The van der Waals surface area contributed by atoms with Crippen LogP contribution in [0, 0.1) is 0 Å². The minimum atomic E-state index is -0.436. The molecule has 5 heteroatoms. The number of hydrogen-bond donors (Lipinski definition) is 2. The van der Waals surface area contributed by atoms with Crippen LogP contribution in [0.15, 0.2) is 70.1 Å². The van der Waals surface area contributed by atoms with E-state index < -0.39 is 6.04 Å². The van der Waals surface area contributed by atoms with Gasteiger partial charge in [0.05, 0.1) is 12.3 Å². The zero-order valence-corrected chi connectivity index (χ0v) is 20.4. The van der Waals surface area contributed by atoms with E-state index in [-0.39, 0.29) is 11.7 Å². The zero-order valence-electron chi connectivity index (χ0n) is 19.6. The number of hydrogen-bond acceptors (Lipinski definition) is 4. The molecule has 1 unspecified atom stereocenters. The summed E-state index contributed by atoms with van der Waals surface area (Å²) < 4.78 is 5.24. The average molecular weight is 446 g/mol. The van der Waals surface area contributed by atoms with Crippen LogP contribution in [0.4, 0.5) is 0 Å². The Morgan fingerprint density at radius 3 is 2.42 bits per heavy atom. The Morgan fingerprint density at radius 1 is 1.13 bits per heavy atom. The third kappa shape index (κ3) is 13.7. The molecule has 0 aliphatic heterocycles. The summed E-state index contributed by atoms with van der Waals surface area (Å²) in [6.45, 7) is 12.2. The van der Waals surface area contributed by atoms with Crippen LogP contribution in [0.3, 0.4) is 0 Å². The van der Waals surface area contributed by atoms with E-state index >= 15 is 0 Å². The van der Waals surface area contributed by atoms with E-state index in [1.165, 1.54) is 16.7 Å². The predicted octanol–water partition coefficient (Wildman–Crippen LogP) is 6.92. The molecule has 0 radical (unpaired) electrons. The van der Waals surface area contributed by atoms with Crippen LogP contribution in [0.1, 0.15) is 65.6 Å². The van der Waals surface area contributed by atoms with Gasteiger partial charge in [0.25, 0.3) is 0 Å². The number of aliphatic hydroxyl groups is 1. The van der Waals surface area contributed by atoms with Crippen LogP contribution in [-0.2, 0) is 11.2 Å². The highest BCUT2D eigenvalue weighted by Gasteiger charge is 2.15. The Hall–Kier alpha value is -2.14. The second-order valence-electron chi connectivity index (χ2n) is 8.19. The molecule has 2 N–H and O–H groups in total. The molecular weight excluding hydrogens is 406 g/mol. The molecule has 0 aliphatic rings. The lowest BCUT2D eigenvalue weighted by molar-refractivity contribution is -0.121. The van der Waals surface area contributed by atoms with Crippen molar-refractivity contribution in [1.29, 1.82) is 0 Å². The monoisotopic (exact) mass is 445 g/mol. The number of aliphatic hydroxyl groups excluding tert-OH is 1. The molecule has 0 bridgehead atoms. The molecule has 1 atom stereocenters. The van der Waals surface area contributed by atoms with Crippen LogP contribution < -0.4 is 5.32 Å². The summed E-state index contributed by atoms with van der Waals surface area (Å²) in [5.74, 6) is 2.10. The van der Waals surface area contributed by atoms with E-state index in [1.54, 1.807) is 24.1 Å².